The van der Waals surface area contributed by atoms with Gasteiger partial charge in [-0.05, 0) is 45.3 Å². The average Bonchev–Trinajstić information content (AvgIpc) is 2.59. The number of benzene rings is 1. The van der Waals surface area contributed by atoms with Crippen molar-refractivity contribution in [3.05, 3.63) is 24.3 Å². The van der Waals surface area contributed by atoms with E-state index in [-0.39, 0.29) is 4.90 Å². The van der Waals surface area contributed by atoms with Crippen LogP contribution in [0.2, 0.25) is 0 Å². The normalized spacial score (nSPS) is 21.1. The molecule has 1 saturated heterocycles. The zero-order valence-corrected chi connectivity index (χ0v) is 12.8. The van der Waals surface area contributed by atoms with Gasteiger partial charge in [0.15, 0.2) is 6.01 Å². The van der Waals surface area contributed by atoms with Crippen molar-refractivity contribution in [2.24, 2.45) is 0 Å². The second-order valence-corrected chi connectivity index (χ2v) is 7.80. The Morgan fingerprint density at radius 3 is 1.90 bits per heavy atom. The topological polar surface area (TPSA) is 52.6 Å². The zero-order valence-electron chi connectivity index (χ0n) is 12.0. The van der Waals surface area contributed by atoms with Gasteiger partial charge in [0, 0.05) is 0 Å². The molecule has 4 nitrogen and oxygen atoms in total. The van der Waals surface area contributed by atoms with Crippen molar-refractivity contribution < 1.29 is 22.1 Å². The molecule has 0 aromatic heterocycles. The van der Waals surface area contributed by atoms with E-state index < -0.39 is 34.2 Å². The first-order valence-electron chi connectivity index (χ1n) is 6.33. The maximum Gasteiger partial charge on any atom is 0.494 e. The summed E-state index contributed by atoms with van der Waals surface area (Å²) < 4.78 is 46.9. The summed E-state index contributed by atoms with van der Waals surface area (Å²) in [6.45, 7) is 7.76. The molecule has 110 valence electrons. The molecule has 0 amide bonds. The van der Waals surface area contributed by atoms with Crippen LogP contribution in [0, 0.1) is 0 Å². The largest absolute Gasteiger partial charge is 0.494 e. The summed E-state index contributed by atoms with van der Waals surface area (Å²) in [7, 11) is -4.39. The van der Waals surface area contributed by atoms with E-state index in [4.69, 9.17) is 9.31 Å². The maximum atomic E-state index is 12.4. The third kappa shape index (κ3) is 2.62. The van der Waals surface area contributed by atoms with Crippen molar-refractivity contribution in [2.75, 3.05) is 6.01 Å². The highest BCUT2D eigenvalue weighted by molar-refractivity contribution is 7.91. The minimum atomic E-state index is -3.83. The van der Waals surface area contributed by atoms with E-state index in [0.717, 1.165) is 0 Å². The molecule has 1 aliphatic rings. The molecule has 0 unspecified atom stereocenters. The third-order valence-electron chi connectivity index (χ3n) is 3.91. The van der Waals surface area contributed by atoms with Crippen LogP contribution in [0.4, 0.5) is 4.39 Å². The molecule has 0 aliphatic carbocycles. The predicted molar refractivity (Wildman–Crippen MR) is 75.3 cm³/mol. The summed E-state index contributed by atoms with van der Waals surface area (Å²) in [5.74, 6) is 0. The second-order valence-electron chi connectivity index (χ2n) is 5.88. The molecule has 1 heterocycles. The second kappa shape index (κ2) is 4.82. The third-order valence-corrected chi connectivity index (χ3v) is 5.19. The van der Waals surface area contributed by atoms with Crippen LogP contribution in [0.1, 0.15) is 27.7 Å². The first-order valence-corrected chi connectivity index (χ1v) is 7.99. The van der Waals surface area contributed by atoms with Gasteiger partial charge in [-0.25, -0.2) is 12.8 Å². The van der Waals surface area contributed by atoms with Crippen LogP contribution in [-0.2, 0) is 19.1 Å². The first kappa shape index (κ1) is 15.5. The van der Waals surface area contributed by atoms with E-state index in [9.17, 15) is 12.8 Å². The Kier molecular flexibility index (Phi) is 3.73. The quantitative estimate of drug-likeness (QED) is 0.797. The fourth-order valence-electron chi connectivity index (χ4n) is 1.87. The molecule has 0 spiro atoms. The van der Waals surface area contributed by atoms with Crippen LogP contribution in [-0.4, -0.2) is 32.7 Å². The summed E-state index contributed by atoms with van der Waals surface area (Å²) in [5, 5.41) is 0. The molecule has 1 fully saturated rings. The van der Waals surface area contributed by atoms with E-state index in [1.54, 1.807) is 12.1 Å². The fraction of sp³-hybridized carbons (Fsp3) is 0.538. The maximum absolute atomic E-state index is 12.4. The number of sulfone groups is 1. The lowest BCUT2D eigenvalue weighted by Crippen LogP contribution is -2.41. The summed E-state index contributed by atoms with van der Waals surface area (Å²) in [6, 6.07) is 4.52. The van der Waals surface area contributed by atoms with Crippen LogP contribution in [0.5, 0.6) is 0 Å². The van der Waals surface area contributed by atoms with Crippen LogP contribution >= 0.6 is 0 Å². The lowest BCUT2D eigenvalue weighted by Gasteiger charge is -2.32. The summed E-state index contributed by atoms with van der Waals surface area (Å²) in [5.41, 5.74) is -0.204. The Balaban J connectivity index is 2.25. The van der Waals surface area contributed by atoms with E-state index in [0.29, 0.717) is 5.46 Å². The van der Waals surface area contributed by atoms with E-state index >= 15 is 0 Å². The highest BCUT2D eigenvalue weighted by Gasteiger charge is 2.51. The summed E-state index contributed by atoms with van der Waals surface area (Å²) in [4.78, 5) is -0.0414. The number of hydrogen-bond donors (Lipinski definition) is 0. The molecule has 1 aromatic rings. The Labute approximate surface area is 119 Å². The number of hydrogen-bond acceptors (Lipinski definition) is 4. The van der Waals surface area contributed by atoms with Gasteiger partial charge in [0.1, 0.15) is 0 Å². The Morgan fingerprint density at radius 2 is 1.50 bits per heavy atom. The molecule has 0 N–H and O–H groups in total. The SMILES string of the molecule is CC1(C)OB(c2ccc(S(=O)(=O)CF)cc2)OC1(C)C. The van der Waals surface area contributed by atoms with Gasteiger partial charge in [-0.2, -0.15) is 0 Å². The standard InChI is InChI=1S/C13H18BFO4S/c1-12(2)13(3,4)19-14(18-12)10-5-7-11(8-6-10)20(16,17)9-15/h5-8H,9H2,1-4H3. The monoisotopic (exact) mass is 300 g/mol. The van der Waals surface area contributed by atoms with Crippen LogP contribution in [0.15, 0.2) is 29.2 Å². The summed E-state index contributed by atoms with van der Waals surface area (Å²) >= 11 is 0. The van der Waals surface area contributed by atoms with E-state index in [1.807, 2.05) is 27.7 Å². The molecule has 7 heteroatoms. The van der Waals surface area contributed by atoms with Gasteiger partial charge in [-0.3, -0.25) is 0 Å². The molecule has 0 bridgehead atoms. The van der Waals surface area contributed by atoms with Gasteiger partial charge in [0.25, 0.3) is 0 Å². The predicted octanol–water partition coefficient (Wildman–Crippen LogP) is 1.69. The zero-order chi connectivity index (χ0) is 15.2. The minimum Gasteiger partial charge on any atom is -0.399 e. The van der Waals surface area contributed by atoms with Crippen LogP contribution in [0.25, 0.3) is 0 Å². The van der Waals surface area contributed by atoms with Crippen molar-refractivity contribution in [3.63, 3.8) is 0 Å². The molecule has 1 aliphatic heterocycles. The smallest absolute Gasteiger partial charge is 0.399 e. The molecule has 0 radical (unpaired) electrons. The van der Waals surface area contributed by atoms with Gasteiger partial charge in [0.05, 0.1) is 16.1 Å². The Morgan fingerprint density at radius 1 is 1.05 bits per heavy atom. The van der Waals surface area contributed by atoms with Gasteiger partial charge < -0.3 is 9.31 Å². The average molecular weight is 300 g/mol. The first-order chi connectivity index (χ1) is 9.09. The number of halogens is 1. The highest BCUT2D eigenvalue weighted by atomic mass is 32.2. The van der Waals surface area contributed by atoms with E-state index in [2.05, 4.69) is 0 Å². The van der Waals surface area contributed by atoms with Crippen molar-refractivity contribution in [1.82, 2.24) is 0 Å². The van der Waals surface area contributed by atoms with Gasteiger partial charge >= 0.3 is 7.12 Å². The van der Waals surface area contributed by atoms with Gasteiger partial charge in [-0.15, -0.1) is 0 Å². The number of alkyl halides is 1. The molecule has 20 heavy (non-hydrogen) atoms. The van der Waals surface area contributed by atoms with E-state index in [1.165, 1.54) is 12.1 Å². The molecule has 0 atom stereocenters. The van der Waals surface area contributed by atoms with Crippen molar-refractivity contribution in [3.8, 4) is 0 Å². The van der Waals surface area contributed by atoms with Crippen LogP contribution in [0.3, 0.4) is 0 Å². The molecule has 0 saturated carbocycles. The Bertz CT molecular complexity index is 579. The molecule has 1 aromatic carbocycles. The van der Waals surface area contributed by atoms with Gasteiger partial charge in [-0.1, -0.05) is 12.1 Å². The number of rotatable bonds is 3. The van der Waals surface area contributed by atoms with Crippen LogP contribution < -0.4 is 5.46 Å². The van der Waals surface area contributed by atoms with Crippen molar-refractivity contribution in [1.29, 1.82) is 0 Å². The Hall–Kier alpha value is -0.915. The minimum absolute atomic E-state index is 0.0414. The van der Waals surface area contributed by atoms with Crippen molar-refractivity contribution in [2.45, 2.75) is 43.8 Å². The highest BCUT2D eigenvalue weighted by Crippen LogP contribution is 2.36. The van der Waals surface area contributed by atoms with Gasteiger partial charge in [0.2, 0.25) is 9.84 Å². The fourth-order valence-corrected chi connectivity index (χ4v) is 2.55. The van der Waals surface area contributed by atoms with Crippen molar-refractivity contribution >= 4 is 22.4 Å². The molecule has 2 rings (SSSR count). The molecular formula is C13H18BFO4S. The lowest BCUT2D eigenvalue weighted by atomic mass is 9.79. The summed E-state index contributed by atoms with van der Waals surface area (Å²) in [6.07, 6.45) is 0. The lowest BCUT2D eigenvalue weighted by molar-refractivity contribution is 0.00578. The molecular weight excluding hydrogens is 282 g/mol.